The van der Waals surface area contributed by atoms with Gasteiger partial charge in [-0.25, -0.2) is 0 Å². The fraction of sp³-hybridized carbons (Fsp3) is 0.316. The predicted octanol–water partition coefficient (Wildman–Crippen LogP) is 2.58. The van der Waals surface area contributed by atoms with E-state index < -0.39 is 0 Å². The maximum atomic E-state index is 12.0. The summed E-state index contributed by atoms with van der Waals surface area (Å²) in [4.78, 5) is 12.0. The number of hydrogen-bond donors (Lipinski definition) is 2. The van der Waals surface area contributed by atoms with Crippen molar-refractivity contribution in [2.24, 2.45) is 0 Å². The summed E-state index contributed by atoms with van der Waals surface area (Å²) in [6.07, 6.45) is 1.26. The van der Waals surface area contributed by atoms with Crippen LogP contribution in [0, 0.1) is 0 Å². The Morgan fingerprint density at radius 2 is 1.96 bits per heavy atom. The van der Waals surface area contributed by atoms with E-state index in [4.69, 9.17) is 14.2 Å². The SMILES string of the molecule is COc1ccccc1CCNCCC(=O)Nc1ccc2c(c1)OCO2. The smallest absolute Gasteiger partial charge is 0.231 e. The minimum Gasteiger partial charge on any atom is -0.496 e. The molecule has 0 fully saturated rings. The fourth-order valence-corrected chi connectivity index (χ4v) is 2.66. The van der Waals surface area contributed by atoms with Crippen LogP contribution in [0.1, 0.15) is 12.0 Å². The lowest BCUT2D eigenvalue weighted by Gasteiger charge is -2.09. The molecule has 6 nitrogen and oxygen atoms in total. The molecule has 2 N–H and O–H groups in total. The van der Waals surface area contributed by atoms with Crippen LogP contribution >= 0.6 is 0 Å². The summed E-state index contributed by atoms with van der Waals surface area (Å²) in [6.45, 7) is 1.63. The summed E-state index contributed by atoms with van der Waals surface area (Å²) in [5, 5.41) is 6.15. The van der Waals surface area contributed by atoms with Crippen LogP contribution in [-0.2, 0) is 11.2 Å². The molecule has 0 bridgehead atoms. The van der Waals surface area contributed by atoms with Crippen molar-refractivity contribution in [1.82, 2.24) is 5.32 Å². The molecule has 0 atom stereocenters. The summed E-state index contributed by atoms with van der Waals surface area (Å²) in [5.74, 6) is 2.22. The molecule has 0 aliphatic carbocycles. The third-order valence-electron chi connectivity index (χ3n) is 3.95. The summed E-state index contributed by atoms with van der Waals surface area (Å²) >= 11 is 0. The maximum absolute atomic E-state index is 12.0. The van der Waals surface area contributed by atoms with Gasteiger partial charge in [0.2, 0.25) is 12.7 Å². The number of nitrogens with one attached hydrogen (secondary N) is 2. The Balaban J connectivity index is 1.37. The average Bonchev–Trinajstić information content (AvgIpc) is 3.09. The fourth-order valence-electron chi connectivity index (χ4n) is 2.66. The van der Waals surface area contributed by atoms with E-state index in [-0.39, 0.29) is 12.7 Å². The van der Waals surface area contributed by atoms with Crippen molar-refractivity contribution in [2.75, 3.05) is 32.3 Å². The lowest BCUT2D eigenvalue weighted by molar-refractivity contribution is -0.116. The van der Waals surface area contributed by atoms with Gasteiger partial charge >= 0.3 is 0 Å². The lowest BCUT2D eigenvalue weighted by Crippen LogP contribution is -2.23. The van der Waals surface area contributed by atoms with Gasteiger partial charge in [0, 0.05) is 24.7 Å². The molecule has 0 spiro atoms. The molecule has 6 heteroatoms. The average molecular weight is 342 g/mol. The van der Waals surface area contributed by atoms with Crippen LogP contribution in [0.4, 0.5) is 5.69 Å². The molecule has 2 aromatic carbocycles. The summed E-state index contributed by atoms with van der Waals surface area (Å²) in [6, 6.07) is 13.3. The molecule has 0 saturated heterocycles. The number of rotatable bonds is 8. The first kappa shape index (κ1) is 17.1. The van der Waals surface area contributed by atoms with Gasteiger partial charge in [0.05, 0.1) is 7.11 Å². The van der Waals surface area contributed by atoms with Gasteiger partial charge < -0.3 is 24.8 Å². The third-order valence-corrected chi connectivity index (χ3v) is 3.95. The molecule has 0 radical (unpaired) electrons. The zero-order valence-electron chi connectivity index (χ0n) is 14.2. The number of fused-ring (bicyclic) bond motifs is 1. The lowest BCUT2D eigenvalue weighted by atomic mass is 10.1. The Morgan fingerprint density at radius 3 is 2.84 bits per heavy atom. The van der Waals surface area contributed by atoms with E-state index in [1.165, 1.54) is 0 Å². The maximum Gasteiger partial charge on any atom is 0.231 e. The number of carbonyl (C=O) groups is 1. The molecule has 0 aromatic heterocycles. The second-order valence-electron chi connectivity index (χ2n) is 5.68. The molecular formula is C19H22N2O4. The van der Waals surface area contributed by atoms with E-state index in [1.807, 2.05) is 24.3 Å². The monoisotopic (exact) mass is 342 g/mol. The quantitative estimate of drug-likeness (QED) is 0.722. The largest absolute Gasteiger partial charge is 0.496 e. The van der Waals surface area contributed by atoms with Gasteiger partial charge in [-0.15, -0.1) is 0 Å². The van der Waals surface area contributed by atoms with Crippen molar-refractivity contribution in [3.05, 3.63) is 48.0 Å². The van der Waals surface area contributed by atoms with Crippen molar-refractivity contribution < 1.29 is 19.0 Å². The number of benzene rings is 2. The number of amides is 1. The van der Waals surface area contributed by atoms with E-state index >= 15 is 0 Å². The van der Waals surface area contributed by atoms with Gasteiger partial charge in [0.1, 0.15) is 5.75 Å². The van der Waals surface area contributed by atoms with Crippen LogP contribution in [0.2, 0.25) is 0 Å². The van der Waals surface area contributed by atoms with E-state index in [9.17, 15) is 4.79 Å². The highest BCUT2D eigenvalue weighted by molar-refractivity contribution is 5.91. The first-order valence-corrected chi connectivity index (χ1v) is 8.28. The van der Waals surface area contributed by atoms with E-state index in [2.05, 4.69) is 10.6 Å². The molecule has 0 unspecified atom stereocenters. The molecule has 1 heterocycles. The van der Waals surface area contributed by atoms with Crippen molar-refractivity contribution in [3.63, 3.8) is 0 Å². The first-order chi connectivity index (χ1) is 12.3. The molecule has 1 aliphatic rings. The third kappa shape index (κ3) is 4.64. The van der Waals surface area contributed by atoms with Gasteiger partial charge in [-0.1, -0.05) is 18.2 Å². The molecule has 132 valence electrons. The number of para-hydroxylation sites is 1. The molecular weight excluding hydrogens is 320 g/mol. The van der Waals surface area contributed by atoms with Crippen molar-refractivity contribution in [3.8, 4) is 17.2 Å². The van der Waals surface area contributed by atoms with Gasteiger partial charge in [-0.05, 0) is 36.7 Å². The van der Waals surface area contributed by atoms with Crippen LogP contribution in [0.5, 0.6) is 17.2 Å². The van der Waals surface area contributed by atoms with Gasteiger partial charge in [0.15, 0.2) is 11.5 Å². The van der Waals surface area contributed by atoms with E-state index in [0.717, 1.165) is 24.3 Å². The molecule has 3 rings (SSSR count). The Kier molecular flexibility index (Phi) is 5.74. The van der Waals surface area contributed by atoms with Crippen LogP contribution in [0.15, 0.2) is 42.5 Å². The highest BCUT2D eigenvalue weighted by atomic mass is 16.7. The zero-order chi connectivity index (χ0) is 17.5. The van der Waals surface area contributed by atoms with Crippen LogP contribution in [-0.4, -0.2) is 32.9 Å². The van der Waals surface area contributed by atoms with Gasteiger partial charge in [-0.3, -0.25) is 4.79 Å². The van der Waals surface area contributed by atoms with Crippen molar-refractivity contribution in [2.45, 2.75) is 12.8 Å². The van der Waals surface area contributed by atoms with Crippen LogP contribution < -0.4 is 24.8 Å². The second kappa shape index (κ2) is 8.39. The van der Waals surface area contributed by atoms with Crippen LogP contribution in [0.25, 0.3) is 0 Å². The zero-order valence-corrected chi connectivity index (χ0v) is 14.2. The standard InChI is InChI=1S/C19H22N2O4/c1-23-16-5-3-2-4-14(16)8-10-20-11-9-19(22)21-15-6-7-17-18(12-15)25-13-24-17/h2-7,12,20H,8-11,13H2,1H3,(H,21,22). The Bertz CT molecular complexity index is 733. The molecule has 1 aliphatic heterocycles. The number of ether oxygens (including phenoxy) is 3. The highest BCUT2D eigenvalue weighted by Gasteiger charge is 2.14. The van der Waals surface area contributed by atoms with Crippen LogP contribution in [0.3, 0.4) is 0 Å². The Hall–Kier alpha value is -2.73. The molecule has 1 amide bonds. The highest BCUT2D eigenvalue weighted by Crippen LogP contribution is 2.34. The van der Waals surface area contributed by atoms with E-state index in [1.54, 1.807) is 25.3 Å². The molecule has 2 aromatic rings. The van der Waals surface area contributed by atoms with E-state index in [0.29, 0.717) is 30.2 Å². The first-order valence-electron chi connectivity index (χ1n) is 8.28. The molecule has 25 heavy (non-hydrogen) atoms. The Morgan fingerprint density at radius 1 is 1.12 bits per heavy atom. The number of carbonyl (C=O) groups excluding carboxylic acids is 1. The summed E-state index contributed by atoms with van der Waals surface area (Å²) < 4.78 is 15.9. The van der Waals surface area contributed by atoms with Gasteiger partial charge in [0.25, 0.3) is 0 Å². The molecule has 0 saturated carbocycles. The normalized spacial score (nSPS) is 12.0. The van der Waals surface area contributed by atoms with Crippen molar-refractivity contribution in [1.29, 1.82) is 0 Å². The minimum atomic E-state index is -0.0383. The predicted molar refractivity (Wildman–Crippen MR) is 95.4 cm³/mol. The topological polar surface area (TPSA) is 68.8 Å². The number of hydrogen-bond acceptors (Lipinski definition) is 5. The number of anilines is 1. The Labute approximate surface area is 147 Å². The minimum absolute atomic E-state index is 0.0383. The second-order valence-corrected chi connectivity index (χ2v) is 5.68. The summed E-state index contributed by atoms with van der Waals surface area (Å²) in [5.41, 5.74) is 1.87. The summed E-state index contributed by atoms with van der Waals surface area (Å²) in [7, 11) is 1.67. The van der Waals surface area contributed by atoms with Crippen molar-refractivity contribution >= 4 is 11.6 Å². The van der Waals surface area contributed by atoms with Gasteiger partial charge in [-0.2, -0.15) is 0 Å². The number of methoxy groups -OCH3 is 1.